The molecule has 0 saturated carbocycles. The lowest BCUT2D eigenvalue weighted by Gasteiger charge is -2.29. The quantitative estimate of drug-likeness (QED) is 0.494. The van der Waals surface area contributed by atoms with Crippen molar-refractivity contribution >= 4 is 5.97 Å². The number of carbonyl (C=O) groups excluding carboxylic acids is 1. The van der Waals surface area contributed by atoms with E-state index in [4.69, 9.17) is 9.47 Å². The molecule has 0 radical (unpaired) electrons. The maximum atomic E-state index is 11.0. The van der Waals surface area contributed by atoms with E-state index in [-0.39, 0.29) is 12.1 Å². The third kappa shape index (κ3) is 2.56. The van der Waals surface area contributed by atoms with Crippen LogP contribution in [0.4, 0.5) is 0 Å². The molecule has 1 aliphatic rings. The standard InChI is InChI=1S/C10H16O3/c1-4-9(11)13-10(2,3)8-6-5-7-12-8/h4,8H,1,5-7H2,2-3H3. The molecule has 0 spiro atoms. The molecular weight excluding hydrogens is 168 g/mol. The first kappa shape index (κ1) is 10.3. The fourth-order valence-electron chi connectivity index (χ4n) is 1.49. The van der Waals surface area contributed by atoms with Crippen LogP contribution in [0, 0.1) is 0 Å². The van der Waals surface area contributed by atoms with Crippen molar-refractivity contribution in [2.24, 2.45) is 0 Å². The molecular formula is C10H16O3. The Labute approximate surface area is 78.7 Å². The van der Waals surface area contributed by atoms with E-state index in [0.717, 1.165) is 19.4 Å². The van der Waals surface area contributed by atoms with E-state index in [1.165, 1.54) is 6.08 Å². The molecule has 0 amide bonds. The smallest absolute Gasteiger partial charge is 0.330 e. The van der Waals surface area contributed by atoms with Crippen LogP contribution in [-0.2, 0) is 14.3 Å². The SMILES string of the molecule is C=CC(=O)OC(C)(C)C1CCCO1. The molecule has 3 heteroatoms. The fraction of sp³-hybridized carbons (Fsp3) is 0.700. The van der Waals surface area contributed by atoms with Gasteiger partial charge in [0.15, 0.2) is 0 Å². The van der Waals surface area contributed by atoms with E-state index < -0.39 is 5.60 Å². The normalized spacial score (nSPS) is 22.8. The Kier molecular flexibility index (Phi) is 3.09. The lowest BCUT2D eigenvalue weighted by atomic mass is 9.99. The summed E-state index contributed by atoms with van der Waals surface area (Å²) in [5.74, 6) is -0.388. The van der Waals surface area contributed by atoms with E-state index in [1.54, 1.807) is 0 Å². The van der Waals surface area contributed by atoms with Crippen molar-refractivity contribution in [2.45, 2.75) is 38.4 Å². The summed E-state index contributed by atoms with van der Waals surface area (Å²) in [7, 11) is 0. The van der Waals surface area contributed by atoms with Crippen molar-refractivity contribution in [2.75, 3.05) is 6.61 Å². The summed E-state index contributed by atoms with van der Waals surface area (Å²) < 4.78 is 10.6. The van der Waals surface area contributed by atoms with Crippen molar-refractivity contribution in [1.82, 2.24) is 0 Å². The third-order valence-corrected chi connectivity index (χ3v) is 2.24. The number of carbonyl (C=O) groups is 1. The van der Waals surface area contributed by atoms with Crippen molar-refractivity contribution in [3.05, 3.63) is 12.7 Å². The predicted molar refractivity (Wildman–Crippen MR) is 49.3 cm³/mol. The van der Waals surface area contributed by atoms with E-state index in [0.29, 0.717) is 0 Å². The zero-order valence-corrected chi connectivity index (χ0v) is 8.21. The average Bonchev–Trinajstić information content (AvgIpc) is 2.55. The Bertz CT molecular complexity index is 202. The van der Waals surface area contributed by atoms with Crippen LogP contribution in [0.15, 0.2) is 12.7 Å². The van der Waals surface area contributed by atoms with Crippen LogP contribution in [0.5, 0.6) is 0 Å². The summed E-state index contributed by atoms with van der Waals surface area (Å²) in [4.78, 5) is 11.0. The lowest BCUT2D eigenvalue weighted by Crippen LogP contribution is -2.40. The van der Waals surface area contributed by atoms with Crippen LogP contribution >= 0.6 is 0 Å². The molecule has 0 aromatic heterocycles. The van der Waals surface area contributed by atoms with Gasteiger partial charge in [-0.25, -0.2) is 4.79 Å². The second kappa shape index (κ2) is 3.92. The first-order chi connectivity index (χ1) is 6.06. The summed E-state index contributed by atoms with van der Waals surface area (Å²) in [6.45, 7) is 7.85. The Morgan fingerprint density at radius 3 is 2.85 bits per heavy atom. The van der Waals surface area contributed by atoms with Gasteiger partial charge in [0.2, 0.25) is 0 Å². The summed E-state index contributed by atoms with van der Waals surface area (Å²) in [6.07, 6.45) is 3.20. The van der Waals surface area contributed by atoms with Crippen molar-refractivity contribution in [3.63, 3.8) is 0 Å². The highest BCUT2D eigenvalue weighted by Gasteiger charge is 2.35. The minimum absolute atomic E-state index is 0.0244. The van der Waals surface area contributed by atoms with Crippen LogP contribution in [0.2, 0.25) is 0 Å². The molecule has 1 unspecified atom stereocenters. The van der Waals surface area contributed by atoms with Gasteiger partial charge in [0, 0.05) is 12.7 Å². The second-order valence-electron chi connectivity index (χ2n) is 3.73. The molecule has 1 aliphatic heterocycles. The molecule has 1 fully saturated rings. The number of hydrogen-bond acceptors (Lipinski definition) is 3. The maximum Gasteiger partial charge on any atom is 0.330 e. The molecule has 0 bridgehead atoms. The average molecular weight is 184 g/mol. The zero-order valence-electron chi connectivity index (χ0n) is 8.21. The maximum absolute atomic E-state index is 11.0. The van der Waals surface area contributed by atoms with Gasteiger partial charge >= 0.3 is 5.97 Å². The minimum Gasteiger partial charge on any atom is -0.454 e. The molecule has 0 aromatic rings. The third-order valence-electron chi connectivity index (χ3n) is 2.24. The Morgan fingerprint density at radius 2 is 2.38 bits per heavy atom. The van der Waals surface area contributed by atoms with Crippen LogP contribution in [0.25, 0.3) is 0 Å². The second-order valence-corrected chi connectivity index (χ2v) is 3.73. The molecule has 3 nitrogen and oxygen atoms in total. The summed E-state index contributed by atoms with van der Waals surface area (Å²) in [6, 6.07) is 0. The van der Waals surface area contributed by atoms with Gasteiger partial charge in [-0.15, -0.1) is 0 Å². The van der Waals surface area contributed by atoms with Gasteiger partial charge in [-0.3, -0.25) is 0 Å². The van der Waals surface area contributed by atoms with Gasteiger partial charge in [0.1, 0.15) is 5.60 Å². The van der Waals surface area contributed by atoms with Crippen LogP contribution in [0.3, 0.4) is 0 Å². The van der Waals surface area contributed by atoms with Crippen molar-refractivity contribution < 1.29 is 14.3 Å². The number of rotatable bonds is 3. The molecule has 0 aromatic carbocycles. The molecule has 1 rings (SSSR count). The van der Waals surface area contributed by atoms with E-state index >= 15 is 0 Å². The number of hydrogen-bond donors (Lipinski definition) is 0. The highest BCUT2D eigenvalue weighted by molar-refractivity contribution is 5.81. The molecule has 1 heterocycles. The first-order valence-electron chi connectivity index (χ1n) is 4.53. The van der Waals surface area contributed by atoms with Gasteiger partial charge in [0.25, 0.3) is 0 Å². The summed E-state index contributed by atoms with van der Waals surface area (Å²) in [5.41, 5.74) is -0.540. The molecule has 0 aliphatic carbocycles. The predicted octanol–water partition coefficient (Wildman–Crippen LogP) is 1.67. The number of esters is 1. The van der Waals surface area contributed by atoms with E-state index in [9.17, 15) is 4.79 Å². The molecule has 1 atom stereocenters. The van der Waals surface area contributed by atoms with Crippen molar-refractivity contribution in [3.8, 4) is 0 Å². The Balaban J connectivity index is 2.52. The molecule has 74 valence electrons. The monoisotopic (exact) mass is 184 g/mol. The molecule has 0 N–H and O–H groups in total. The van der Waals surface area contributed by atoms with Gasteiger partial charge < -0.3 is 9.47 Å². The lowest BCUT2D eigenvalue weighted by molar-refractivity contribution is -0.162. The Hall–Kier alpha value is -0.830. The minimum atomic E-state index is -0.540. The zero-order chi connectivity index (χ0) is 9.90. The fourth-order valence-corrected chi connectivity index (χ4v) is 1.49. The highest BCUT2D eigenvalue weighted by atomic mass is 16.6. The first-order valence-corrected chi connectivity index (χ1v) is 4.53. The Morgan fingerprint density at radius 1 is 1.69 bits per heavy atom. The summed E-state index contributed by atoms with van der Waals surface area (Å²) in [5, 5.41) is 0. The van der Waals surface area contributed by atoms with E-state index in [2.05, 4.69) is 6.58 Å². The van der Waals surface area contributed by atoms with Gasteiger partial charge in [-0.05, 0) is 26.7 Å². The number of ether oxygens (including phenoxy) is 2. The van der Waals surface area contributed by atoms with E-state index in [1.807, 2.05) is 13.8 Å². The van der Waals surface area contributed by atoms with Crippen LogP contribution in [-0.4, -0.2) is 24.3 Å². The molecule has 1 saturated heterocycles. The highest BCUT2D eigenvalue weighted by Crippen LogP contribution is 2.26. The largest absolute Gasteiger partial charge is 0.454 e. The van der Waals surface area contributed by atoms with Gasteiger partial charge in [0.05, 0.1) is 6.10 Å². The summed E-state index contributed by atoms with van der Waals surface area (Å²) >= 11 is 0. The van der Waals surface area contributed by atoms with Gasteiger partial charge in [-0.2, -0.15) is 0 Å². The topological polar surface area (TPSA) is 35.5 Å². The van der Waals surface area contributed by atoms with Crippen LogP contribution in [0.1, 0.15) is 26.7 Å². The van der Waals surface area contributed by atoms with Crippen molar-refractivity contribution in [1.29, 1.82) is 0 Å². The molecule has 13 heavy (non-hydrogen) atoms. The van der Waals surface area contributed by atoms with Crippen LogP contribution < -0.4 is 0 Å². The van der Waals surface area contributed by atoms with Gasteiger partial charge in [-0.1, -0.05) is 6.58 Å².